The van der Waals surface area contributed by atoms with Crippen molar-refractivity contribution in [2.45, 2.75) is 20.3 Å². The van der Waals surface area contributed by atoms with Crippen molar-refractivity contribution in [1.29, 1.82) is 0 Å². The maximum atomic E-state index is 11.8. The maximum Gasteiger partial charge on any atom is 1.00 e. The van der Waals surface area contributed by atoms with Crippen LogP contribution in [0.1, 0.15) is 20.3 Å². The van der Waals surface area contributed by atoms with Gasteiger partial charge in [0.15, 0.2) is 0 Å². The summed E-state index contributed by atoms with van der Waals surface area (Å²) in [5.74, 6) is 0. The van der Waals surface area contributed by atoms with Crippen LogP contribution >= 0.6 is 0 Å². The molecule has 0 fully saturated rings. The van der Waals surface area contributed by atoms with Crippen LogP contribution in [0, 0.1) is 0 Å². The fourth-order valence-corrected chi connectivity index (χ4v) is 0.987. The second-order valence-electron chi connectivity index (χ2n) is 2.60. The van der Waals surface area contributed by atoms with Crippen LogP contribution in [-0.4, -0.2) is 31.4 Å². The Hall–Kier alpha value is 1.45. The molecule has 1 nitrogen and oxygen atoms in total. The maximum absolute atomic E-state index is 11.8. The minimum absolute atomic E-state index is 0. The number of halogens is 3. The van der Waals surface area contributed by atoms with Crippen molar-refractivity contribution in [3.8, 4) is 0 Å². The van der Waals surface area contributed by atoms with Crippen LogP contribution in [0.15, 0.2) is 0 Å². The van der Waals surface area contributed by atoms with Crippen molar-refractivity contribution in [2.24, 2.45) is 0 Å². The van der Waals surface area contributed by atoms with E-state index in [2.05, 4.69) is 0 Å². The van der Waals surface area contributed by atoms with E-state index >= 15 is 0 Å². The largest absolute Gasteiger partial charge is 1.00 e. The summed E-state index contributed by atoms with van der Waals surface area (Å²) in [4.78, 5) is 1.42. The Labute approximate surface area is 115 Å². The van der Waals surface area contributed by atoms with Gasteiger partial charge in [0.25, 0.3) is 0 Å². The number of hydrogen-bond donors (Lipinski definition) is 0. The van der Waals surface area contributed by atoms with E-state index < -0.39 is 13.4 Å². The van der Waals surface area contributed by atoms with E-state index in [0.717, 1.165) is 6.42 Å². The monoisotopic (exact) mass is 207 g/mol. The zero-order chi connectivity index (χ0) is 8.91. The molecular formula is C6H14BF3KN. The Balaban J connectivity index is 0. The topological polar surface area (TPSA) is 3.24 Å². The molecule has 0 aliphatic heterocycles. The van der Waals surface area contributed by atoms with E-state index in [1.54, 1.807) is 6.92 Å². The number of hydrogen-bond acceptors (Lipinski definition) is 1. The van der Waals surface area contributed by atoms with Gasteiger partial charge in [0.2, 0.25) is 0 Å². The van der Waals surface area contributed by atoms with E-state index in [4.69, 9.17) is 0 Å². The molecule has 0 aliphatic rings. The molecule has 0 atom stereocenters. The molecule has 12 heavy (non-hydrogen) atoms. The smallest absolute Gasteiger partial charge is 0.448 e. The van der Waals surface area contributed by atoms with Crippen molar-refractivity contribution in [1.82, 2.24) is 4.90 Å². The second kappa shape index (κ2) is 7.82. The first-order chi connectivity index (χ1) is 4.99. The van der Waals surface area contributed by atoms with Crippen LogP contribution in [0.4, 0.5) is 12.9 Å². The van der Waals surface area contributed by atoms with Crippen molar-refractivity contribution in [3.05, 3.63) is 0 Å². The Morgan fingerprint density at radius 3 is 1.92 bits per heavy atom. The third-order valence-electron chi connectivity index (χ3n) is 1.45. The van der Waals surface area contributed by atoms with Crippen molar-refractivity contribution in [3.63, 3.8) is 0 Å². The average Bonchev–Trinajstić information content (AvgIpc) is 1.84. The van der Waals surface area contributed by atoms with Gasteiger partial charge in [-0.3, -0.25) is 0 Å². The van der Waals surface area contributed by atoms with Gasteiger partial charge >= 0.3 is 58.4 Å². The molecule has 0 saturated heterocycles. The van der Waals surface area contributed by atoms with Gasteiger partial charge in [0.05, 0.1) is 0 Å². The normalized spacial score (nSPS) is 11.5. The zero-order valence-electron chi connectivity index (χ0n) is 7.99. The zero-order valence-corrected chi connectivity index (χ0v) is 11.1. The quantitative estimate of drug-likeness (QED) is 0.528. The first-order valence-corrected chi connectivity index (χ1v) is 3.93. The summed E-state index contributed by atoms with van der Waals surface area (Å²) in [5, 5.41) is 0. The van der Waals surface area contributed by atoms with Gasteiger partial charge in [0, 0.05) is 0 Å². The van der Waals surface area contributed by atoms with E-state index in [9.17, 15) is 12.9 Å². The van der Waals surface area contributed by atoms with Gasteiger partial charge in [-0.2, -0.15) is 0 Å². The van der Waals surface area contributed by atoms with E-state index in [1.807, 2.05) is 6.92 Å². The fraction of sp³-hybridized carbons (Fsp3) is 1.00. The first kappa shape index (κ1) is 15.9. The Bertz CT molecular complexity index is 109. The Morgan fingerprint density at radius 2 is 1.67 bits per heavy atom. The number of rotatable bonds is 5. The van der Waals surface area contributed by atoms with Crippen LogP contribution in [0.5, 0.6) is 0 Å². The van der Waals surface area contributed by atoms with Gasteiger partial charge in [-0.05, 0) is 26.0 Å². The molecule has 0 bridgehead atoms. The van der Waals surface area contributed by atoms with Crippen LogP contribution in [0.25, 0.3) is 0 Å². The molecule has 0 saturated carbocycles. The molecule has 0 aromatic carbocycles. The summed E-state index contributed by atoms with van der Waals surface area (Å²) in [5.41, 5.74) is 0. The third-order valence-corrected chi connectivity index (χ3v) is 1.45. The van der Waals surface area contributed by atoms with Gasteiger partial charge in [-0.15, -0.1) is 0 Å². The minimum atomic E-state index is -4.64. The number of nitrogens with zero attached hydrogens (tertiary/aromatic N) is 1. The van der Waals surface area contributed by atoms with Crippen LogP contribution < -0.4 is 51.4 Å². The molecule has 0 rings (SSSR count). The molecule has 0 heterocycles. The first-order valence-electron chi connectivity index (χ1n) is 3.93. The molecule has 0 amide bonds. The predicted molar refractivity (Wildman–Crippen MR) is 41.5 cm³/mol. The third kappa shape index (κ3) is 9.54. The summed E-state index contributed by atoms with van der Waals surface area (Å²) in [6.07, 6.45) is 0.0599. The Kier molecular flexibility index (Phi) is 10.4. The van der Waals surface area contributed by atoms with Crippen molar-refractivity contribution in [2.75, 3.05) is 19.5 Å². The minimum Gasteiger partial charge on any atom is -0.448 e. The molecule has 0 N–H and O–H groups in total. The average molecular weight is 207 g/mol. The summed E-state index contributed by atoms with van der Waals surface area (Å²) in [6, 6.07) is 0. The van der Waals surface area contributed by atoms with E-state index in [-0.39, 0.29) is 51.4 Å². The fourth-order valence-electron chi connectivity index (χ4n) is 0.987. The standard InChI is InChI=1S/C6H14BF3N.K/c1-3-5-11(4-2)6-7(8,9)10;/h3-6H2,1-2H3;/q-1;+1. The van der Waals surface area contributed by atoms with Gasteiger partial charge in [0.1, 0.15) is 0 Å². The molecular weight excluding hydrogens is 193 g/mol. The molecule has 0 aromatic rings. The summed E-state index contributed by atoms with van der Waals surface area (Å²) < 4.78 is 35.5. The molecule has 68 valence electrons. The van der Waals surface area contributed by atoms with Crippen molar-refractivity contribution >= 4 is 6.98 Å². The molecule has 6 heteroatoms. The van der Waals surface area contributed by atoms with Crippen LogP contribution in [-0.2, 0) is 0 Å². The Morgan fingerprint density at radius 1 is 1.17 bits per heavy atom. The molecule has 0 radical (unpaired) electrons. The van der Waals surface area contributed by atoms with E-state index in [0.29, 0.717) is 13.1 Å². The summed E-state index contributed by atoms with van der Waals surface area (Å²) in [7, 11) is 0. The molecule has 0 aromatic heterocycles. The SMILES string of the molecule is CCCN(CC)C[B-](F)(F)F.[K+]. The summed E-state index contributed by atoms with van der Waals surface area (Å²) in [6.45, 7) is 0.0128. The van der Waals surface area contributed by atoms with Gasteiger partial charge < -0.3 is 17.8 Å². The van der Waals surface area contributed by atoms with Crippen molar-refractivity contribution < 1.29 is 64.3 Å². The molecule has 0 spiro atoms. The van der Waals surface area contributed by atoms with E-state index in [1.165, 1.54) is 4.90 Å². The van der Waals surface area contributed by atoms with Crippen LogP contribution in [0.2, 0.25) is 0 Å². The second-order valence-corrected chi connectivity index (χ2v) is 2.60. The van der Waals surface area contributed by atoms with Crippen LogP contribution in [0.3, 0.4) is 0 Å². The molecule has 0 unspecified atom stereocenters. The predicted octanol–water partition coefficient (Wildman–Crippen LogP) is -0.891. The summed E-state index contributed by atoms with van der Waals surface area (Å²) >= 11 is 0. The van der Waals surface area contributed by atoms with Gasteiger partial charge in [-0.25, -0.2) is 0 Å². The molecule has 0 aliphatic carbocycles. The van der Waals surface area contributed by atoms with Gasteiger partial charge in [-0.1, -0.05) is 13.8 Å².